The van der Waals surface area contributed by atoms with Crippen LogP contribution in [0.4, 0.5) is 11.4 Å². The van der Waals surface area contributed by atoms with Gasteiger partial charge in [0.05, 0.1) is 17.8 Å². The molecule has 1 aromatic heterocycles. The molecule has 3 rings (SSSR count). The predicted molar refractivity (Wildman–Crippen MR) is 122 cm³/mol. The molecular weight excluding hydrogens is 444 g/mol. The first-order chi connectivity index (χ1) is 14.3. The zero-order valence-corrected chi connectivity index (χ0v) is 18.6. The monoisotopic (exact) mass is 462 g/mol. The number of benzene rings is 2. The Hall–Kier alpha value is -2.81. The molecule has 2 aromatic carbocycles. The van der Waals surface area contributed by atoms with Gasteiger partial charge in [-0.05, 0) is 55.5 Å². The Bertz CT molecular complexity index is 1200. The van der Waals surface area contributed by atoms with Crippen molar-refractivity contribution in [2.45, 2.75) is 11.8 Å². The number of nitrogens with one attached hydrogen (secondary N) is 2. The van der Waals surface area contributed by atoms with E-state index in [-0.39, 0.29) is 27.3 Å². The molecule has 3 aromatic rings. The van der Waals surface area contributed by atoms with Gasteiger partial charge in [-0.3, -0.25) is 9.52 Å². The van der Waals surface area contributed by atoms with E-state index >= 15 is 0 Å². The van der Waals surface area contributed by atoms with Gasteiger partial charge in [0, 0.05) is 21.5 Å². The molecule has 9 heteroatoms. The van der Waals surface area contributed by atoms with E-state index in [0.29, 0.717) is 5.69 Å². The van der Waals surface area contributed by atoms with Crippen LogP contribution in [-0.2, 0) is 14.8 Å². The molecule has 0 aliphatic carbocycles. The highest BCUT2D eigenvalue weighted by Gasteiger charge is 2.21. The number of hydrogen-bond acceptors (Lipinski definition) is 5. The van der Waals surface area contributed by atoms with Gasteiger partial charge in [0.1, 0.15) is 10.6 Å². The van der Waals surface area contributed by atoms with Crippen LogP contribution >= 0.6 is 22.9 Å². The highest BCUT2D eigenvalue weighted by atomic mass is 35.5. The fraction of sp³-hybridized carbons (Fsp3) is 0.0952. The van der Waals surface area contributed by atoms with E-state index in [1.807, 2.05) is 19.1 Å². The first kappa shape index (κ1) is 21.9. The minimum atomic E-state index is -4.02. The van der Waals surface area contributed by atoms with Gasteiger partial charge in [0.2, 0.25) is 5.91 Å². The molecule has 0 fully saturated rings. The van der Waals surface area contributed by atoms with Crippen LogP contribution in [-0.4, -0.2) is 21.4 Å². The van der Waals surface area contributed by atoms with Gasteiger partial charge in [0.25, 0.3) is 10.0 Å². The highest BCUT2D eigenvalue weighted by molar-refractivity contribution is 7.92. The van der Waals surface area contributed by atoms with E-state index < -0.39 is 10.0 Å². The Kier molecular flexibility index (Phi) is 6.81. The number of ether oxygens (including phenoxy) is 1. The Labute approximate surface area is 184 Å². The maximum Gasteiger partial charge on any atom is 0.265 e. The third kappa shape index (κ3) is 5.41. The molecule has 0 aliphatic rings. The number of para-hydroxylation sites is 1. The summed E-state index contributed by atoms with van der Waals surface area (Å²) in [5, 5.41) is 2.93. The van der Waals surface area contributed by atoms with Gasteiger partial charge in [-0.15, -0.1) is 11.3 Å². The number of halogens is 1. The summed E-state index contributed by atoms with van der Waals surface area (Å²) < 4.78 is 33.5. The number of methoxy groups -OCH3 is 1. The van der Waals surface area contributed by atoms with E-state index in [0.717, 1.165) is 9.75 Å². The summed E-state index contributed by atoms with van der Waals surface area (Å²) in [6.45, 7) is 1.98. The zero-order chi connectivity index (χ0) is 21.7. The number of thiophene rings is 1. The molecule has 6 nitrogen and oxygen atoms in total. The van der Waals surface area contributed by atoms with E-state index in [4.69, 9.17) is 16.3 Å². The molecule has 156 valence electrons. The van der Waals surface area contributed by atoms with Crippen molar-refractivity contribution in [1.82, 2.24) is 0 Å². The van der Waals surface area contributed by atoms with E-state index in [9.17, 15) is 13.2 Å². The smallest absolute Gasteiger partial charge is 0.265 e. The maximum atomic E-state index is 12.9. The van der Waals surface area contributed by atoms with Crippen LogP contribution in [0.5, 0.6) is 5.75 Å². The van der Waals surface area contributed by atoms with E-state index in [1.54, 1.807) is 47.7 Å². The van der Waals surface area contributed by atoms with Crippen LogP contribution in [0, 0.1) is 6.92 Å². The average molecular weight is 463 g/mol. The molecule has 0 saturated carbocycles. The minimum absolute atomic E-state index is 0.124. The zero-order valence-electron chi connectivity index (χ0n) is 16.2. The fourth-order valence-electron chi connectivity index (χ4n) is 2.59. The SMILES string of the molecule is COc1ccc(NC(=O)/C=C/c2ccc(C)s2)cc1S(=O)(=O)Nc1ccccc1Cl. The molecule has 1 amide bonds. The predicted octanol–water partition coefficient (Wildman–Crippen LogP) is 5.17. The third-order valence-electron chi connectivity index (χ3n) is 4.00. The number of anilines is 2. The van der Waals surface area contributed by atoms with Gasteiger partial charge >= 0.3 is 0 Å². The molecule has 2 N–H and O–H groups in total. The molecule has 0 atom stereocenters. The molecule has 0 aliphatic heterocycles. The molecule has 0 bridgehead atoms. The summed E-state index contributed by atoms with van der Waals surface area (Å²) in [4.78, 5) is 14.2. The lowest BCUT2D eigenvalue weighted by molar-refractivity contribution is -0.111. The van der Waals surface area contributed by atoms with E-state index in [1.165, 1.54) is 25.3 Å². The summed E-state index contributed by atoms with van der Waals surface area (Å²) in [7, 11) is -2.65. The lowest BCUT2D eigenvalue weighted by atomic mass is 10.3. The Morgan fingerprint density at radius 3 is 2.57 bits per heavy atom. The molecule has 0 saturated heterocycles. The third-order valence-corrected chi connectivity index (χ3v) is 6.68. The van der Waals surface area contributed by atoms with E-state index in [2.05, 4.69) is 10.0 Å². The van der Waals surface area contributed by atoms with Crippen molar-refractivity contribution in [1.29, 1.82) is 0 Å². The largest absolute Gasteiger partial charge is 0.495 e. The van der Waals surface area contributed by atoms with Crippen LogP contribution in [0.3, 0.4) is 0 Å². The summed E-state index contributed by atoms with van der Waals surface area (Å²) in [5.41, 5.74) is 0.553. The summed E-state index contributed by atoms with van der Waals surface area (Å²) >= 11 is 7.62. The molecule has 0 radical (unpaired) electrons. The topological polar surface area (TPSA) is 84.5 Å². The molecule has 0 spiro atoms. The quantitative estimate of drug-likeness (QED) is 0.474. The minimum Gasteiger partial charge on any atom is -0.495 e. The van der Waals surface area contributed by atoms with Crippen molar-refractivity contribution < 1.29 is 17.9 Å². The average Bonchev–Trinajstić information content (AvgIpc) is 3.13. The lowest BCUT2D eigenvalue weighted by Crippen LogP contribution is -2.15. The van der Waals surface area contributed by atoms with Crippen LogP contribution in [0.1, 0.15) is 9.75 Å². The first-order valence-electron chi connectivity index (χ1n) is 8.79. The molecular formula is C21H19ClN2O4S2. The van der Waals surface area contributed by atoms with Crippen LogP contribution < -0.4 is 14.8 Å². The van der Waals surface area contributed by atoms with Crippen molar-refractivity contribution in [3.05, 3.63) is 75.5 Å². The first-order valence-corrected chi connectivity index (χ1v) is 11.5. The normalized spacial score (nSPS) is 11.4. The van der Waals surface area contributed by atoms with Crippen LogP contribution in [0.15, 0.2) is 65.6 Å². The number of rotatable bonds is 7. The van der Waals surface area contributed by atoms with Crippen molar-refractivity contribution >= 4 is 56.3 Å². The fourth-order valence-corrected chi connectivity index (χ4v) is 4.89. The van der Waals surface area contributed by atoms with Gasteiger partial charge < -0.3 is 10.1 Å². The summed E-state index contributed by atoms with van der Waals surface area (Å²) in [6, 6.07) is 14.7. The number of carbonyl (C=O) groups is 1. The molecule has 30 heavy (non-hydrogen) atoms. The maximum absolute atomic E-state index is 12.9. The standard InChI is InChI=1S/C21H19ClN2O4S2/c1-14-7-9-16(29-14)10-12-21(25)23-15-8-11-19(28-2)20(13-15)30(26,27)24-18-6-4-3-5-17(18)22/h3-13,24H,1-2H3,(H,23,25)/b12-10+. The number of sulfonamides is 1. The number of hydrogen-bond donors (Lipinski definition) is 2. The second-order valence-electron chi connectivity index (χ2n) is 6.22. The highest BCUT2D eigenvalue weighted by Crippen LogP contribution is 2.30. The Morgan fingerprint density at radius 1 is 1.13 bits per heavy atom. The number of amides is 1. The van der Waals surface area contributed by atoms with Gasteiger partial charge in [-0.25, -0.2) is 8.42 Å². The van der Waals surface area contributed by atoms with Crippen LogP contribution in [0.2, 0.25) is 5.02 Å². The Morgan fingerprint density at radius 2 is 1.90 bits per heavy atom. The molecule has 0 unspecified atom stereocenters. The van der Waals surface area contributed by atoms with Gasteiger partial charge in [0.15, 0.2) is 0 Å². The van der Waals surface area contributed by atoms with Crippen LogP contribution in [0.25, 0.3) is 6.08 Å². The number of carbonyl (C=O) groups excluding carboxylic acids is 1. The Balaban J connectivity index is 1.83. The molecule has 1 heterocycles. The summed E-state index contributed by atoms with van der Waals surface area (Å²) in [6.07, 6.45) is 3.10. The van der Waals surface area contributed by atoms with Crippen molar-refractivity contribution in [3.8, 4) is 5.75 Å². The van der Waals surface area contributed by atoms with Gasteiger partial charge in [-0.2, -0.15) is 0 Å². The summed E-state index contributed by atoms with van der Waals surface area (Å²) in [5.74, 6) is -0.245. The van der Waals surface area contributed by atoms with Crippen molar-refractivity contribution in [3.63, 3.8) is 0 Å². The second kappa shape index (κ2) is 9.34. The second-order valence-corrected chi connectivity index (χ2v) is 9.60. The lowest BCUT2D eigenvalue weighted by Gasteiger charge is -2.14. The number of aryl methyl sites for hydroxylation is 1. The van der Waals surface area contributed by atoms with Crippen molar-refractivity contribution in [2.24, 2.45) is 0 Å². The van der Waals surface area contributed by atoms with Gasteiger partial charge in [-0.1, -0.05) is 23.7 Å². The van der Waals surface area contributed by atoms with Crippen molar-refractivity contribution in [2.75, 3.05) is 17.1 Å².